The van der Waals surface area contributed by atoms with Crippen LogP contribution in [0.2, 0.25) is 0 Å². The summed E-state index contributed by atoms with van der Waals surface area (Å²) in [5.41, 5.74) is 6.21. The van der Waals surface area contributed by atoms with Crippen LogP contribution in [-0.2, 0) is 4.74 Å². The number of hydrogen-bond donors (Lipinski definition) is 2. The molecule has 1 atom stereocenters. The molecule has 2 fully saturated rings. The molecular weight excluding hydrogens is 474 g/mol. The van der Waals surface area contributed by atoms with Gasteiger partial charge in [-0.3, -0.25) is 0 Å². The van der Waals surface area contributed by atoms with Crippen LogP contribution in [0.1, 0.15) is 66.7 Å². The first kappa shape index (κ1) is 28.5. The van der Waals surface area contributed by atoms with E-state index in [9.17, 15) is 9.59 Å². The molecule has 0 radical (unpaired) electrons. The van der Waals surface area contributed by atoms with Crippen molar-refractivity contribution in [1.29, 1.82) is 0 Å². The number of nitrogens with zero attached hydrogens (tertiary/aromatic N) is 5. The van der Waals surface area contributed by atoms with Gasteiger partial charge in [-0.1, -0.05) is 13.8 Å². The lowest BCUT2D eigenvalue weighted by Crippen LogP contribution is -2.40. The normalized spacial score (nSPS) is 19.3. The van der Waals surface area contributed by atoms with E-state index in [1.165, 1.54) is 0 Å². The van der Waals surface area contributed by atoms with Gasteiger partial charge in [0.25, 0.3) is 0 Å². The topological polar surface area (TPSA) is 135 Å². The molecule has 3 rings (SSSR count). The lowest BCUT2D eigenvalue weighted by atomic mass is 9.92. The number of carbonyl (C=O) groups is 2. The number of urea groups is 1. The largest absolute Gasteiger partial charge is 0.463 e. The quantitative estimate of drug-likeness (QED) is 0.303. The van der Waals surface area contributed by atoms with E-state index in [0.717, 1.165) is 44.3 Å². The molecule has 0 spiro atoms. The Morgan fingerprint density at radius 2 is 1.84 bits per heavy atom. The zero-order valence-electron chi connectivity index (χ0n) is 22.9. The van der Waals surface area contributed by atoms with Gasteiger partial charge in [0.05, 0.1) is 30.7 Å². The average Bonchev–Trinajstić information content (AvgIpc) is 3.29. The van der Waals surface area contributed by atoms with Gasteiger partial charge >= 0.3 is 18.1 Å². The maximum Gasteiger partial charge on any atom is 0.407 e. The molecule has 3 heterocycles. The van der Waals surface area contributed by atoms with Gasteiger partial charge in [0.15, 0.2) is 0 Å². The highest BCUT2D eigenvalue weighted by Crippen LogP contribution is 2.23. The highest BCUT2D eigenvalue weighted by Gasteiger charge is 2.27. The van der Waals surface area contributed by atoms with Crippen molar-refractivity contribution in [2.75, 3.05) is 37.7 Å². The third kappa shape index (κ3) is 9.36. The summed E-state index contributed by atoms with van der Waals surface area (Å²) in [7, 11) is 0. The summed E-state index contributed by atoms with van der Waals surface area (Å²) < 4.78 is 11.1. The molecule has 2 aliphatic heterocycles. The number of hydrogen-bond acceptors (Lipinski definition) is 7. The van der Waals surface area contributed by atoms with Gasteiger partial charge in [0.2, 0.25) is 0 Å². The minimum atomic E-state index is -0.512. The van der Waals surface area contributed by atoms with Crippen molar-refractivity contribution < 1.29 is 19.1 Å². The monoisotopic (exact) mass is 517 g/mol. The number of amidine groups is 1. The van der Waals surface area contributed by atoms with Gasteiger partial charge in [-0.15, -0.1) is 0 Å². The smallest absolute Gasteiger partial charge is 0.407 e. The summed E-state index contributed by atoms with van der Waals surface area (Å²) in [4.78, 5) is 40.9. The van der Waals surface area contributed by atoms with Crippen molar-refractivity contribution in [3.8, 4) is 6.01 Å². The Morgan fingerprint density at radius 3 is 2.46 bits per heavy atom. The van der Waals surface area contributed by atoms with E-state index in [1.54, 1.807) is 17.3 Å². The van der Waals surface area contributed by atoms with Crippen molar-refractivity contribution in [3.63, 3.8) is 0 Å². The van der Waals surface area contributed by atoms with Crippen molar-refractivity contribution in [2.45, 2.75) is 78.4 Å². The Morgan fingerprint density at radius 1 is 1.16 bits per heavy atom. The van der Waals surface area contributed by atoms with Crippen LogP contribution in [0.3, 0.4) is 0 Å². The molecule has 1 aromatic rings. The van der Waals surface area contributed by atoms with Gasteiger partial charge in [0.1, 0.15) is 11.4 Å². The van der Waals surface area contributed by atoms with E-state index in [2.05, 4.69) is 25.2 Å². The van der Waals surface area contributed by atoms with Gasteiger partial charge in [-0.05, 0) is 58.8 Å². The number of aliphatic imine (C=N–C) groups is 1. The Kier molecular flexibility index (Phi) is 9.93. The molecule has 2 aliphatic rings. The lowest BCUT2D eigenvalue weighted by molar-refractivity contribution is 0.0509. The first-order valence-electron chi connectivity index (χ1n) is 13.3. The van der Waals surface area contributed by atoms with E-state index in [-0.39, 0.29) is 24.1 Å². The number of ether oxygens (including phenoxy) is 2. The molecule has 11 nitrogen and oxygen atoms in total. The van der Waals surface area contributed by atoms with Gasteiger partial charge in [-0.2, -0.15) is 4.99 Å². The molecule has 0 aromatic carbocycles. The van der Waals surface area contributed by atoms with E-state index in [1.807, 2.05) is 34.6 Å². The van der Waals surface area contributed by atoms with Crippen molar-refractivity contribution in [1.82, 2.24) is 20.2 Å². The number of rotatable bonds is 8. The second kappa shape index (κ2) is 12.9. The van der Waals surface area contributed by atoms with Gasteiger partial charge < -0.3 is 30.3 Å². The number of carbonyl (C=O) groups excluding carboxylic acids is 2. The average molecular weight is 518 g/mol. The van der Waals surface area contributed by atoms with E-state index in [0.29, 0.717) is 44.0 Å². The molecule has 11 heteroatoms. The summed E-state index contributed by atoms with van der Waals surface area (Å²) >= 11 is 0. The maximum absolute atomic E-state index is 12.2. The summed E-state index contributed by atoms with van der Waals surface area (Å²) in [6.07, 6.45) is 7.85. The summed E-state index contributed by atoms with van der Waals surface area (Å²) in [5, 5.41) is 2.93. The Hall–Kier alpha value is -3.11. The minimum absolute atomic E-state index is 0.0293. The molecule has 0 aliphatic carbocycles. The third-order valence-corrected chi connectivity index (χ3v) is 6.58. The van der Waals surface area contributed by atoms with Gasteiger partial charge in [-0.25, -0.2) is 19.6 Å². The van der Waals surface area contributed by atoms with Gasteiger partial charge in [0, 0.05) is 32.1 Å². The number of piperidine rings is 1. The van der Waals surface area contributed by atoms with Crippen LogP contribution in [0.15, 0.2) is 17.4 Å². The van der Waals surface area contributed by atoms with E-state index < -0.39 is 5.60 Å². The number of amides is 3. The van der Waals surface area contributed by atoms with Crippen molar-refractivity contribution >= 4 is 23.6 Å². The first-order chi connectivity index (χ1) is 17.5. The summed E-state index contributed by atoms with van der Waals surface area (Å²) in [6, 6.07) is 0.173. The van der Waals surface area contributed by atoms with E-state index in [4.69, 9.17) is 15.2 Å². The fourth-order valence-corrected chi connectivity index (χ4v) is 4.39. The highest BCUT2D eigenvalue weighted by atomic mass is 16.6. The fourth-order valence-electron chi connectivity index (χ4n) is 4.39. The molecule has 37 heavy (non-hydrogen) atoms. The first-order valence-corrected chi connectivity index (χ1v) is 13.3. The number of aromatic nitrogens is 2. The lowest BCUT2D eigenvalue weighted by Gasteiger charge is -2.30. The fraction of sp³-hybridized carbons (Fsp3) is 0.731. The highest BCUT2D eigenvalue weighted by molar-refractivity contribution is 5.93. The minimum Gasteiger partial charge on any atom is -0.463 e. The molecule has 1 aromatic heterocycles. The SMILES string of the molecule is CC(C)/C(N)=N/C(=O)N1CCC(CCCOc2ncc(N3CCC(NC(=O)OC(C)(C)C)C3)cn2)CC1. The van der Waals surface area contributed by atoms with Crippen molar-refractivity contribution in [2.24, 2.45) is 22.6 Å². The molecule has 0 bridgehead atoms. The zero-order chi connectivity index (χ0) is 27.0. The molecule has 3 amide bonds. The summed E-state index contributed by atoms with van der Waals surface area (Å²) in [5.74, 6) is 1.03. The summed E-state index contributed by atoms with van der Waals surface area (Å²) in [6.45, 7) is 12.9. The van der Waals surface area contributed by atoms with Crippen LogP contribution in [0.5, 0.6) is 6.01 Å². The number of likely N-dealkylation sites (tertiary alicyclic amines) is 1. The zero-order valence-corrected chi connectivity index (χ0v) is 22.9. The second-order valence-corrected chi connectivity index (χ2v) is 11.2. The predicted molar refractivity (Wildman–Crippen MR) is 143 cm³/mol. The van der Waals surface area contributed by atoms with Crippen molar-refractivity contribution in [3.05, 3.63) is 12.4 Å². The molecular formula is C26H43N7O4. The maximum atomic E-state index is 12.2. The number of nitrogens with two attached hydrogens (primary N) is 1. The Bertz CT molecular complexity index is 922. The molecule has 0 saturated carbocycles. The predicted octanol–water partition coefficient (Wildman–Crippen LogP) is 3.58. The number of alkyl carbamates (subject to hydrolysis) is 1. The van der Waals surface area contributed by atoms with Crippen LogP contribution in [0.4, 0.5) is 15.3 Å². The Labute approximate surface area is 220 Å². The third-order valence-electron chi connectivity index (χ3n) is 6.58. The number of nitrogens with one attached hydrogen (secondary N) is 1. The molecule has 2 saturated heterocycles. The van der Waals surface area contributed by atoms with Crippen LogP contribution in [0, 0.1) is 11.8 Å². The molecule has 1 unspecified atom stereocenters. The number of anilines is 1. The van der Waals surface area contributed by atoms with Crippen LogP contribution < -0.4 is 20.7 Å². The van der Waals surface area contributed by atoms with E-state index >= 15 is 0 Å². The van der Waals surface area contributed by atoms with Crippen LogP contribution in [0.25, 0.3) is 0 Å². The molecule has 3 N–H and O–H groups in total. The van der Waals surface area contributed by atoms with Crippen LogP contribution >= 0.6 is 0 Å². The van der Waals surface area contributed by atoms with Crippen LogP contribution in [-0.4, -0.2) is 77.3 Å². The Balaban J connectivity index is 1.32. The molecule has 206 valence electrons. The standard InChI is InChI=1S/C26H43N7O4/c1-18(2)22(27)31-24(34)32-11-8-19(9-12-32)7-6-14-36-23-28-15-21(16-29-23)33-13-10-20(17-33)30-25(35)37-26(3,4)5/h15-16,18-20H,6-14,17H2,1-5H3,(H,30,35)(H2,27,31,34). The second-order valence-electron chi connectivity index (χ2n) is 11.2.